The number of aliphatic hydroxyl groups is 1. The monoisotopic (exact) mass is 620 g/mol. The summed E-state index contributed by atoms with van der Waals surface area (Å²) in [6.07, 6.45) is 3.36. The molecule has 0 radical (unpaired) electrons. The van der Waals surface area contributed by atoms with E-state index in [0.717, 1.165) is 38.7 Å². The fourth-order valence-electron chi connectivity index (χ4n) is 4.90. The number of rotatable bonds is 12. The normalized spacial score (nSPS) is 14.5. The van der Waals surface area contributed by atoms with Crippen molar-refractivity contribution < 1.29 is 9.84 Å². The van der Waals surface area contributed by atoms with Crippen molar-refractivity contribution in [3.8, 4) is 17.0 Å². The first-order chi connectivity index (χ1) is 19.2. The lowest BCUT2D eigenvalue weighted by atomic mass is 9.71. The number of halogens is 2. The highest BCUT2D eigenvalue weighted by molar-refractivity contribution is 9.10. The predicted molar refractivity (Wildman–Crippen MR) is 169 cm³/mol. The summed E-state index contributed by atoms with van der Waals surface area (Å²) in [5.41, 5.74) is 3.35. The molecule has 0 saturated carbocycles. The summed E-state index contributed by atoms with van der Waals surface area (Å²) >= 11 is 9.83. The predicted octanol–water partition coefficient (Wildman–Crippen LogP) is 8.56. The van der Waals surface area contributed by atoms with Gasteiger partial charge in [0.05, 0.1) is 6.61 Å². The van der Waals surface area contributed by atoms with E-state index in [4.69, 9.17) is 21.3 Å². The van der Waals surface area contributed by atoms with Crippen molar-refractivity contribution in [2.45, 2.75) is 38.2 Å². The van der Waals surface area contributed by atoms with Crippen molar-refractivity contribution in [3.63, 3.8) is 0 Å². The van der Waals surface area contributed by atoms with Crippen LogP contribution in [0, 0.1) is 5.92 Å². The molecule has 0 fully saturated rings. The van der Waals surface area contributed by atoms with Gasteiger partial charge in [-0.3, -0.25) is 0 Å². The molecule has 4 rings (SSSR count). The molecule has 4 aromatic rings. The minimum atomic E-state index is -1.26. The molecule has 210 valence electrons. The zero-order chi connectivity index (χ0) is 28.7. The van der Waals surface area contributed by atoms with E-state index in [1.54, 1.807) is 0 Å². The number of aromatic nitrogens is 1. The van der Waals surface area contributed by atoms with Crippen LogP contribution in [-0.4, -0.2) is 42.2 Å². The van der Waals surface area contributed by atoms with Gasteiger partial charge in [-0.05, 0) is 73.5 Å². The third-order valence-corrected chi connectivity index (χ3v) is 8.19. The van der Waals surface area contributed by atoms with Crippen LogP contribution in [0.25, 0.3) is 11.1 Å². The maximum Gasteiger partial charge on any atom is 0.217 e. The van der Waals surface area contributed by atoms with E-state index in [-0.39, 0.29) is 0 Å². The largest absolute Gasteiger partial charge is 0.477 e. The Bertz CT molecular complexity index is 1380. The van der Waals surface area contributed by atoms with E-state index in [1.165, 1.54) is 0 Å². The van der Waals surface area contributed by atoms with Gasteiger partial charge in [-0.2, -0.15) is 0 Å². The van der Waals surface area contributed by atoms with E-state index in [2.05, 4.69) is 52.9 Å². The minimum Gasteiger partial charge on any atom is -0.477 e. The molecule has 0 saturated heterocycles. The van der Waals surface area contributed by atoms with E-state index < -0.39 is 11.5 Å². The fraction of sp³-hybridized carbons (Fsp3) is 0.324. The molecule has 40 heavy (non-hydrogen) atoms. The lowest BCUT2D eigenvalue weighted by Gasteiger charge is -2.39. The summed E-state index contributed by atoms with van der Waals surface area (Å²) in [6, 6.07) is 28.1. The van der Waals surface area contributed by atoms with Crippen LogP contribution in [0.2, 0.25) is 5.02 Å². The van der Waals surface area contributed by atoms with Crippen molar-refractivity contribution in [2.24, 2.45) is 5.92 Å². The van der Waals surface area contributed by atoms with Gasteiger partial charge >= 0.3 is 0 Å². The Morgan fingerprint density at radius 3 is 2.35 bits per heavy atom. The molecule has 3 atom stereocenters. The van der Waals surface area contributed by atoms with Gasteiger partial charge in [0.15, 0.2) is 0 Å². The number of hydrogen-bond acceptors (Lipinski definition) is 4. The summed E-state index contributed by atoms with van der Waals surface area (Å²) in [4.78, 5) is 6.97. The van der Waals surface area contributed by atoms with Crippen LogP contribution < -0.4 is 4.74 Å². The van der Waals surface area contributed by atoms with Gasteiger partial charge in [-0.1, -0.05) is 102 Å². The van der Waals surface area contributed by atoms with E-state index in [9.17, 15) is 5.11 Å². The molecule has 0 bridgehead atoms. The smallest absolute Gasteiger partial charge is 0.217 e. The van der Waals surface area contributed by atoms with Crippen LogP contribution in [0.4, 0.5) is 0 Å². The maximum absolute atomic E-state index is 12.9. The van der Waals surface area contributed by atoms with Gasteiger partial charge in [0, 0.05) is 39.3 Å². The van der Waals surface area contributed by atoms with E-state index in [1.807, 2.05) is 87.0 Å². The number of pyridine rings is 1. The second-order valence-electron chi connectivity index (χ2n) is 10.8. The molecule has 0 amide bonds. The van der Waals surface area contributed by atoms with Crippen molar-refractivity contribution in [1.82, 2.24) is 9.88 Å². The van der Waals surface area contributed by atoms with Gasteiger partial charge in [0.25, 0.3) is 0 Å². The van der Waals surface area contributed by atoms with Crippen molar-refractivity contribution in [2.75, 3.05) is 27.2 Å². The highest BCUT2D eigenvalue weighted by atomic mass is 79.9. The zero-order valence-electron chi connectivity index (χ0n) is 23.6. The van der Waals surface area contributed by atoms with E-state index >= 15 is 0 Å². The molecular formula is C34H38BrClN2O2. The average Bonchev–Trinajstić information content (AvgIpc) is 2.96. The van der Waals surface area contributed by atoms with Gasteiger partial charge < -0.3 is 14.7 Å². The molecule has 1 heterocycles. The molecule has 0 aliphatic rings. The average molecular weight is 622 g/mol. The Hall–Kier alpha value is -2.70. The molecule has 0 spiro atoms. The standard InChI is InChI=1S/C34H38BrClN2O2/c1-5-24(2)23-40-33-31(20-27(22-37-33)25-14-16-30(36)17-15-25)32(26-10-7-6-8-11-26)34(39,18-19-38(3)4)28-12-9-13-29(35)21-28/h6-17,20-22,24,32,39H,5,18-19,23H2,1-4H3/t24-,32?,34?/m1/s1. The topological polar surface area (TPSA) is 45.6 Å². The lowest BCUT2D eigenvalue weighted by Crippen LogP contribution is -2.38. The fourth-order valence-corrected chi connectivity index (χ4v) is 5.43. The Balaban J connectivity index is 1.98. The first-order valence-electron chi connectivity index (χ1n) is 13.8. The first kappa shape index (κ1) is 30.3. The number of ether oxygens (including phenoxy) is 1. The van der Waals surface area contributed by atoms with Crippen molar-refractivity contribution >= 4 is 27.5 Å². The van der Waals surface area contributed by atoms with Gasteiger partial charge in [-0.15, -0.1) is 0 Å². The number of hydrogen-bond donors (Lipinski definition) is 1. The van der Waals surface area contributed by atoms with Crippen LogP contribution in [0.1, 0.15) is 49.3 Å². The highest BCUT2D eigenvalue weighted by Gasteiger charge is 2.42. The Morgan fingerprint density at radius 1 is 0.975 bits per heavy atom. The zero-order valence-corrected chi connectivity index (χ0v) is 26.0. The summed E-state index contributed by atoms with van der Waals surface area (Å²) in [5.74, 6) is 0.471. The van der Waals surface area contributed by atoms with Crippen LogP contribution in [0.5, 0.6) is 5.88 Å². The molecule has 6 heteroatoms. The van der Waals surface area contributed by atoms with Gasteiger partial charge in [0.2, 0.25) is 5.88 Å². The Morgan fingerprint density at radius 2 is 1.70 bits per heavy atom. The Kier molecular flexibility index (Phi) is 10.4. The Labute approximate surface area is 252 Å². The van der Waals surface area contributed by atoms with Crippen LogP contribution in [0.3, 0.4) is 0 Å². The first-order valence-corrected chi connectivity index (χ1v) is 14.9. The summed E-state index contributed by atoms with van der Waals surface area (Å²) in [5, 5.41) is 13.6. The van der Waals surface area contributed by atoms with Crippen molar-refractivity contribution in [3.05, 3.63) is 117 Å². The molecule has 3 aromatic carbocycles. The third-order valence-electron chi connectivity index (χ3n) is 7.44. The van der Waals surface area contributed by atoms with E-state index in [0.29, 0.717) is 36.4 Å². The quantitative estimate of drug-likeness (QED) is 0.172. The number of nitrogens with zero attached hydrogens (tertiary/aromatic N) is 2. The second-order valence-corrected chi connectivity index (χ2v) is 12.1. The number of benzene rings is 3. The van der Waals surface area contributed by atoms with Gasteiger partial charge in [-0.25, -0.2) is 4.98 Å². The maximum atomic E-state index is 12.9. The summed E-state index contributed by atoms with van der Waals surface area (Å²) in [6.45, 7) is 5.57. The second kappa shape index (κ2) is 13.8. The van der Waals surface area contributed by atoms with Gasteiger partial charge in [0.1, 0.15) is 5.60 Å². The molecular weight excluding hydrogens is 584 g/mol. The van der Waals surface area contributed by atoms with Crippen LogP contribution in [0.15, 0.2) is 95.6 Å². The van der Waals surface area contributed by atoms with Crippen molar-refractivity contribution in [1.29, 1.82) is 0 Å². The molecule has 0 aliphatic heterocycles. The van der Waals surface area contributed by atoms with Crippen LogP contribution >= 0.6 is 27.5 Å². The third kappa shape index (κ3) is 7.32. The molecule has 4 nitrogen and oxygen atoms in total. The molecule has 2 unspecified atom stereocenters. The SMILES string of the molecule is CC[C@@H](C)COc1ncc(-c2ccc(Cl)cc2)cc1C(c1ccccc1)C(O)(CCN(C)C)c1cccc(Br)c1. The lowest BCUT2D eigenvalue weighted by molar-refractivity contribution is 0.00347. The molecule has 0 aliphatic carbocycles. The summed E-state index contributed by atoms with van der Waals surface area (Å²) < 4.78 is 7.34. The van der Waals surface area contributed by atoms with Crippen LogP contribution in [-0.2, 0) is 5.60 Å². The molecule has 1 N–H and O–H groups in total. The highest BCUT2D eigenvalue weighted by Crippen LogP contribution is 2.48. The molecule has 1 aromatic heterocycles. The summed E-state index contributed by atoms with van der Waals surface area (Å²) in [7, 11) is 4.06. The minimum absolute atomic E-state index is 0.374.